The fraction of sp³-hybridized carbons (Fsp3) is 0.560. The molecule has 0 bridgehead atoms. The van der Waals surface area contributed by atoms with Crippen LogP contribution in [0, 0.1) is 6.92 Å². The number of fused-ring (bicyclic) bond motifs is 1. The lowest BCUT2D eigenvalue weighted by atomic mass is 9.82. The highest BCUT2D eigenvalue weighted by Gasteiger charge is 2.59. The van der Waals surface area contributed by atoms with E-state index in [4.69, 9.17) is 16.3 Å². The maximum Gasteiger partial charge on any atom is 0.272 e. The van der Waals surface area contributed by atoms with Crippen molar-refractivity contribution in [3.05, 3.63) is 40.8 Å². The van der Waals surface area contributed by atoms with Crippen molar-refractivity contribution in [3.8, 4) is 0 Å². The second-order valence-electron chi connectivity index (χ2n) is 10.6. The van der Waals surface area contributed by atoms with Gasteiger partial charge < -0.3 is 15.2 Å². The van der Waals surface area contributed by atoms with E-state index >= 15 is 4.39 Å². The van der Waals surface area contributed by atoms with Gasteiger partial charge >= 0.3 is 0 Å². The molecule has 0 radical (unpaired) electrons. The van der Waals surface area contributed by atoms with E-state index in [1.54, 1.807) is 6.20 Å². The average Bonchev–Trinajstić information content (AvgIpc) is 3.13. The maximum atomic E-state index is 15.6. The van der Waals surface area contributed by atoms with Crippen LogP contribution in [0.25, 0.3) is 10.9 Å². The number of nitrogens with one attached hydrogen (secondary N) is 1. The van der Waals surface area contributed by atoms with Gasteiger partial charge in [0, 0.05) is 30.5 Å². The summed E-state index contributed by atoms with van der Waals surface area (Å²) in [6.07, 6.45) is 1.60. The Morgan fingerprint density at radius 2 is 2.05 bits per heavy atom. The lowest BCUT2D eigenvalue weighted by Gasteiger charge is -2.45. The standard InChI is InChI=1S/C25H28ClF3N6O2/c1-13-5-14-8-30-23(33-19-9-31-35(22(19)26)20-7-25(20,28)29)32-18(14)6-16(13)15-3-4-34(10-17(15)27)24(2)12-37-11-21(24)36/h5-6,8-9,15,17,20-21,36H,3-4,7,10-12H2,1-2H3,(H,30,32,33)/t15-,17+,20?,21+,24-/m0/s1. The number of aryl methyl sites for hydroxylation is 1. The number of halogens is 4. The van der Waals surface area contributed by atoms with Crippen LogP contribution in [0.4, 0.5) is 24.8 Å². The molecular formula is C25H28ClF3N6O2. The maximum absolute atomic E-state index is 15.6. The number of aliphatic hydroxyl groups is 1. The van der Waals surface area contributed by atoms with Crippen LogP contribution in [0.15, 0.2) is 24.5 Å². The molecule has 5 atom stereocenters. The SMILES string of the molecule is Cc1cc2cnc(Nc3cnn(C4CC4(F)F)c3Cl)nc2cc1[C@@H]1CCN([C@@]2(C)COC[C@H]2O)C[C@H]1F. The smallest absolute Gasteiger partial charge is 0.272 e. The number of aromatic nitrogens is 4. The predicted octanol–water partition coefficient (Wildman–Crippen LogP) is 4.39. The third kappa shape index (κ3) is 4.25. The number of rotatable bonds is 5. The first kappa shape index (κ1) is 24.8. The largest absolute Gasteiger partial charge is 0.389 e. The van der Waals surface area contributed by atoms with Gasteiger partial charge in [-0.15, -0.1) is 0 Å². The summed E-state index contributed by atoms with van der Waals surface area (Å²) in [5, 5.41) is 18.2. The van der Waals surface area contributed by atoms with E-state index < -0.39 is 29.8 Å². The van der Waals surface area contributed by atoms with Crippen molar-refractivity contribution >= 4 is 34.1 Å². The zero-order valence-corrected chi connectivity index (χ0v) is 21.2. The molecule has 2 aromatic heterocycles. The van der Waals surface area contributed by atoms with Crippen LogP contribution >= 0.6 is 11.6 Å². The summed E-state index contributed by atoms with van der Waals surface area (Å²) < 4.78 is 49.0. The normalized spacial score (nSPS) is 31.6. The number of benzene rings is 1. The van der Waals surface area contributed by atoms with E-state index in [2.05, 4.69) is 20.4 Å². The summed E-state index contributed by atoms with van der Waals surface area (Å²) in [7, 11) is 0. The molecule has 6 rings (SSSR count). The minimum Gasteiger partial charge on any atom is -0.389 e. The Bertz CT molecular complexity index is 1360. The second-order valence-corrected chi connectivity index (χ2v) is 11.0. The molecule has 1 aromatic carbocycles. The van der Waals surface area contributed by atoms with Gasteiger partial charge in [0.05, 0.1) is 42.3 Å². The molecule has 1 saturated carbocycles. The molecule has 8 nitrogen and oxygen atoms in total. The molecule has 0 spiro atoms. The van der Waals surface area contributed by atoms with Gasteiger partial charge in [-0.3, -0.25) is 4.90 Å². The first-order chi connectivity index (χ1) is 17.6. The van der Waals surface area contributed by atoms with Crippen LogP contribution in [0.3, 0.4) is 0 Å². The Balaban J connectivity index is 1.23. The van der Waals surface area contributed by atoms with E-state index in [-0.39, 0.29) is 36.6 Å². The van der Waals surface area contributed by atoms with E-state index in [1.165, 1.54) is 6.20 Å². The quantitative estimate of drug-likeness (QED) is 0.500. The first-order valence-electron chi connectivity index (χ1n) is 12.4. The average molecular weight is 537 g/mol. The molecule has 37 heavy (non-hydrogen) atoms. The zero-order chi connectivity index (χ0) is 26.1. The van der Waals surface area contributed by atoms with E-state index in [0.717, 1.165) is 21.2 Å². The lowest BCUT2D eigenvalue weighted by molar-refractivity contribution is -0.0238. The van der Waals surface area contributed by atoms with Crippen molar-refractivity contribution in [2.24, 2.45) is 0 Å². The lowest BCUT2D eigenvalue weighted by Crippen LogP contribution is -2.58. The Hall–Kier alpha value is -2.47. The van der Waals surface area contributed by atoms with Gasteiger partial charge in [0.15, 0.2) is 5.15 Å². The third-order valence-corrected chi connectivity index (χ3v) is 8.46. The number of aliphatic hydroxyl groups excluding tert-OH is 1. The minimum absolute atomic E-state index is 0.0639. The highest BCUT2D eigenvalue weighted by molar-refractivity contribution is 6.32. The molecule has 2 N–H and O–H groups in total. The molecular weight excluding hydrogens is 509 g/mol. The van der Waals surface area contributed by atoms with Crippen molar-refractivity contribution < 1.29 is 23.0 Å². The molecule has 12 heteroatoms. The van der Waals surface area contributed by atoms with Crippen molar-refractivity contribution in [3.63, 3.8) is 0 Å². The Kier molecular flexibility index (Phi) is 5.90. The summed E-state index contributed by atoms with van der Waals surface area (Å²) in [6.45, 7) is 5.41. The van der Waals surface area contributed by atoms with Crippen LogP contribution < -0.4 is 5.32 Å². The predicted molar refractivity (Wildman–Crippen MR) is 132 cm³/mol. The van der Waals surface area contributed by atoms with Crippen LogP contribution in [0.1, 0.15) is 42.9 Å². The van der Waals surface area contributed by atoms with Crippen LogP contribution in [0.5, 0.6) is 0 Å². The van der Waals surface area contributed by atoms with Gasteiger partial charge in [-0.2, -0.15) is 5.10 Å². The summed E-state index contributed by atoms with van der Waals surface area (Å²) in [4.78, 5) is 10.9. The number of ether oxygens (including phenoxy) is 1. The molecule has 3 fully saturated rings. The molecule has 2 aliphatic heterocycles. The number of hydrogen-bond acceptors (Lipinski definition) is 7. The van der Waals surface area contributed by atoms with Crippen molar-refractivity contribution in [1.82, 2.24) is 24.6 Å². The topological polar surface area (TPSA) is 88.3 Å². The van der Waals surface area contributed by atoms with Crippen molar-refractivity contribution in [2.75, 3.05) is 31.6 Å². The fourth-order valence-electron chi connectivity index (χ4n) is 5.58. The Morgan fingerprint density at radius 1 is 1.27 bits per heavy atom. The van der Waals surface area contributed by atoms with Gasteiger partial charge in [-0.1, -0.05) is 11.6 Å². The first-order valence-corrected chi connectivity index (χ1v) is 12.7. The monoisotopic (exact) mass is 536 g/mol. The summed E-state index contributed by atoms with van der Waals surface area (Å²) >= 11 is 6.28. The van der Waals surface area contributed by atoms with Crippen molar-refractivity contribution in [1.29, 1.82) is 0 Å². The summed E-state index contributed by atoms with van der Waals surface area (Å²) in [5.41, 5.74) is 2.24. The molecule has 3 aliphatic rings. The van der Waals surface area contributed by atoms with Crippen molar-refractivity contribution in [2.45, 2.75) is 62.4 Å². The van der Waals surface area contributed by atoms with E-state index in [0.29, 0.717) is 30.8 Å². The van der Waals surface area contributed by atoms with Crippen LogP contribution in [0.2, 0.25) is 5.15 Å². The fourth-order valence-corrected chi connectivity index (χ4v) is 5.83. The summed E-state index contributed by atoms with van der Waals surface area (Å²) in [5.74, 6) is -2.86. The highest BCUT2D eigenvalue weighted by atomic mass is 35.5. The number of likely N-dealkylation sites (tertiary alicyclic amines) is 1. The van der Waals surface area contributed by atoms with E-state index in [9.17, 15) is 13.9 Å². The Morgan fingerprint density at radius 3 is 2.73 bits per heavy atom. The Labute approximate surface area is 216 Å². The molecule has 3 aromatic rings. The molecule has 1 aliphatic carbocycles. The number of anilines is 2. The van der Waals surface area contributed by atoms with Gasteiger partial charge in [-0.05, 0) is 50.1 Å². The number of alkyl halides is 3. The number of nitrogens with zero attached hydrogens (tertiary/aromatic N) is 5. The van der Waals surface area contributed by atoms with Gasteiger partial charge in [0.2, 0.25) is 5.95 Å². The zero-order valence-electron chi connectivity index (χ0n) is 20.5. The third-order valence-electron chi connectivity index (χ3n) is 8.09. The molecule has 198 valence electrons. The van der Waals surface area contributed by atoms with Crippen LogP contribution in [-0.4, -0.2) is 79.8 Å². The molecule has 1 unspecified atom stereocenters. The minimum atomic E-state index is -2.80. The highest BCUT2D eigenvalue weighted by Crippen LogP contribution is 2.53. The molecule has 2 saturated heterocycles. The summed E-state index contributed by atoms with van der Waals surface area (Å²) in [6, 6.07) is 2.81. The number of piperidine rings is 1. The van der Waals surface area contributed by atoms with Gasteiger partial charge in [-0.25, -0.2) is 27.8 Å². The second kappa shape index (κ2) is 8.79. The van der Waals surface area contributed by atoms with Gasteiger partial charge in [0.1, 0.15) is 12.2 Å². The van der Waals surface area contributed by atoms with Gasteiger partial charge in [0.25, 0.3) is 5.92 Å². The number of hydrogen-bond donors (Lipinski definition) is 2. The molecule has 4 heterocycles. The van der Waals surface area contributed by atoms with E-state index in [1.807, 2.05) is 30.9 Å². The van der Waals surface area contributed by atoms with Crippen LogP contribution in [-0.2, 0) is 4.74 Å². The molecule has 0 amide bonds.